The van der Waals surface area contributed by atoms with Gasteiger partial charge in [-0.1, -0.05) is 166 Å². The van der Waals surface area contributed by atoms with Crippen LogP contribution in [0.2, 0.25) is 0 Å². The second-order valence-electron chi connectivity index (χ2n) is 12.8. The lowest BCUT2D eigenvalue weighted by molar-refractivity contribution is -0.124. The Hall–Kier alpha value is -1.43. The molecule has 0 saturated carbocycles. The maximum Gasteiger partial charge on any atom is 0.223 e. The third-order valence-electron chi connectivity index (χ3n) is 8.40. The molecule has 0 aromatic heterocycles. The van der Waals surface area contributed by atoms with E-state index in [0.717, 1.165) is 32.1 Å². The van der Waals surface area contributed by atoms with Gasteiger partial charge in [-0.05, 0) is 44.9 Å². The maximum absolute atomic E-state index is 12.3. The highest BCUT2D eigenvalue weighted by atomic mass is 16.3. The van der Waals surface area contributed by atoms with E-state index in [1.165, 1.54) is 122 Å². The third-order valence-corrected chi connectivity index (χ3v) is 8.40. The van der Waals surface area contributed by atoms with Gasteiger partial charge in [0.25, 0.3) is 0 Å². The van der Waals surface area contributed by atoms with Gasteiger partial charge >= 0.3 is 0 Å². The van der Waals surface area contributed by atoms with Crippen LogP contribution in [0.15, 0.2) is 36.5 Å². The predicted octanol–water partition coefficient (Wildman–Crippen LogP) is 10.0. The minimum absolute atomic E-state index is 0.0443. The molecule has 0 rings (SSSR count). The molecule has 0 bridgehead atoms. The number of allylic oxidation sites excluding steroid dienone is 4. The van der Waals surface area contributed by atoms with Crippen LogP contribution < -0.4 is 5.32 Å². The van der Waals surface area contributed by atoms with Crippen molar-refractivity contribution in [1.82, 2.24) is 5.32 Å². The predicted molar refractivity (Wildman–Crippen MR) is 190 cm³/mol. The van der Waals surface area contributed by atoms with Crippen LogP contribution in [0.3, 0.4) is 0 Å². The van der Waals surface area contributed by atoms with Crippen molar-refractivity contribution in [3.63, 3.8) is 0 Å². The Balaban J connectivity index is 3.72. The van der Waals surface area contributed by atoms with Crippen LogP contribution in [0.5, 0.6) is 0 Å². The van der Waals surface area contributed by atoms with E-state index in [4.69, 9.17) is 0 Å². The molecule has 0 aliphatic heterocycles. The molecule has 0 aliphatic rings. The van der Waals surface area contributed by atoms with Gasteiger partial charge in [-0.2, -0.15) is 0 Å². The van der Waals surface area contributed by atoms with E-state index in [1.807, 2.05) is 12.2 Å². The summed E-state index contributed by atoms with van der Waals surface area (Å²) in [5.41, 5.74) is 0. The molecule has 0 heterocycles. The first-order chi connectivity index (χ1) is 21.5. The summed E-state index contributed by atoms with van der Waals surface area (Å²) in [5.74, 6) is -0.364. The number of unbranched alkanes of at least 4 members (excludes halogenated alkanes) is 21. The van der Waals surface area contributed by atoms with Crippen LogP contribution in [-0.4, -0.2) is 46.1 Å². The number of hydrogen-bond donors (Lipinski definition) is 4. The Bertz CT molecular complexity index is 690. The first-order valence-corrected chi connectivity index (χ1v) is 18.8. The molecule has 3 unspecified atom stereocenters. The summed E-state index contributed by atoms with van der Waals surface area (Å²) in [6.45, 7) is 4.12. The van der Waals surface area contributed by atoms with Crippen LogP contribution in [0, 0.1) is 0 Å². The van der Waals surface area contributed by atoms with Crippen molar-refractivity contribution in [2.24, 2.45) is 0 Å². The summed E-state index contributed by atoms with van der Waals surface area (Å²) in [6.07, 6.45) is 41.7. The fourth-order valence-corrected chi connectivity index (χ4v) is 5.47. The molecule has 3 atom stereocenters. The normalized spacial score (nSPS) is 14.2. The Morgan fingerprint density at radius 3 is 1.48 bits per heavy atom. The van der Waals surface area contributed by atoms with Gasteiger partial charge < -0.3 is 20.6 Å². The zero-order valence-electron chi connectivity index (χ0n) is 29.0. The first-order valence-electron chi connectivity index (χ1n) is 18.8. The number of aliphatic hydroxyl groups is 3. The second kappa shape index (κ2) is 34.4. The molecule has 1 amide bonds. The van der Waals surface area contributed by atoms with Gasteiger partial charge in [0, 0.05) is 0 Å². The summed E-state index contributed by atoms with van der Waals surface area (Å²) in [7, 11) is 0. The van der Waals surface area contributed by atoms with Crippen LogP contribution in [0.4, 0.5) is 0 Å². The minimum atomic E-state index is -0.960. The van der Waals surface area contributed by atoms with Crippen molar-refractivity contribution in [3.8, 4) is 0 Å². The summed E-state index contributed by atoms with van der Waals surface area (Å²) >= 11 is 0. The van der Waals surface area contributed by atoms with E-state index in [0.29, 0.717) is 6.42 Å². The molecule has 0 aliphatic carbocycles. The molecule has 0 spiro atoms. The average Bonchev–Trinajstić information content (AvgIpc) is 3.01. The lowest BCUT2D eigenvalue weighted by Gasteiger charge is -2.20. The Morgan fingerprint density at radius 2 is 0.977 bits per heavy atom. The van der Waals surface area contributed by atoms with Crippen LogP contribution in [-0.2, 0) is 4.79 Å². The van der Waals surface area contributed by atoms with Crippen molar-refractivity contribution >= 4 is 5.91 Å². The molecule has 44 heavy (non-hydrogen) atoms. The highest BCUT2D eigenvalue weighted by Gasteiger charge is 2.19. The maximum atomic E-state index is 12.3. The molecule has 0 saturated heterocycles. The summed E-state index contributed by atoms with van der Waals surface area (Å²) in [6, 6.07) is -0.773. The first kappa shape index (κ1) is 42.6. The molecule has 0 aromatic carbocycles. The van der Waals surface area contributed by atoms with Crippen LogP contribution in [0.25, 0.3) is 0 Å². The Kier molecular flexibility index (Phi) is 33.3. The third kappa shape index (κ3) is 30.6. The quantitative estimate of drug-likeness (QED) is 0.0435. The van der Waals surface area contributed by atoms with E-state index in [-0.39, 0.29) is 18.9 Å². The molecule has 4 N–H and O–H groups in total. The molecule has 0 radical (unpaired) electrons. The lowest BCUT2D eigenvalue weighted by atomic mass is 10.0. The van der Waals surface area contributed by atoms with Gasteiger partial charge in [-0.25, -0.2) is 0 Å². The molecule has 5 heteroatoms. The fraction of sp³-hybridized carbons (Fsp3) is 0.821. The van der Waals surface area contributed by atoms with Gasteiger partial charge in [-0.3, -0.25) is 4.79 Å². The van der Waals surface area contributed by atoms with Gasteiger partial charge in [-0.15, -0.1) is 0 Å². The molecule has 0 aromatic rings. The molecule has 0 fully saturated rings. The number of rotatable bonds is 33. The van der Waals surface area contributed by atoms with Crippen LogP contribution >= 0.6 is 0 Å². The highest BCUT2D eigenvalue weighted by Crippen LogP contribution is 2.14. The summed E-state index contributed by atoms with van der Waals surface area (Å²) in [5, 5.41) is 32.8. The van der Waals surface area contributed by atoms with Crippen molar-refractivity contribution in [3.05, 3.63) is 36.5 Å². The van der Waals surface area contributed by atoms with Crippen molar-refractivity contribution in [2.45, 2.75) is 199 Å². The second-order valence-corrected chi connectivity index (χ2v) is 12.8. The highest BCUT2D eigenvalue weighted by molar-refractivity contribution is 5.76. The molecule has 5 nitrogen and oxygen atoms in total. The molecular weight excluding hydrogens is 546 g/mol. The van der Waals surface area contributed by atoms with E-state index >= 15 is 0 Å². The lowest BCUT2D eigenvalue weighted by Crippen LogP contribution is -2.45. The van der Waals surface area contributed by atoms with E-state index < -0.39 is 18.2 Å². The number of hydrogen-bond acceptors (Lipinski definition) is 4. The van der Waals surface area contributed by atoms with Crippen molar-refractivity contribution in [1.29, 1.82) is 0 Å². The number of carbonyl (C=O) groups excluding carboxylic acids is 1. The SMILES string of the molecule is CCCCCC/C=C\CC(O)CC(=O)NC(CO)C(O)/C=C/CC/C=C/CCCCCCCCCCCCCCCCCC. The molecular formula is C39H73NO4. The minimum Gasteiger partial charge on any atom is -0.394 e. The van der Waals surface area contributed by atoms with Crippen molar-refractivity contribution < 1.29 is 20.1 Å². The number of amides is 1. The zero-order chi connectivity index (χ0) is 32.4. The van der Waals surface area contributed by atoms with Crippen LogP contribution in [0.1, 0.15) is 181 Å². The Labute approximate surface area is 273 Å². The van der Waals surface area contributed by atoms with E-state index in [2.05, 4.69) is 37.4 Å². The fourth-order valence-electron chi connectivity index (χ4n) is 5.47. The van der Waals surface area contributed by atoms with Gasteiger partial charge in [0.15, 0.2) is 0 Å². The van der Waals surface area contributed by atoms with Crippen molar-refractivity contribution in [2.75, 3.05) is 6.61 Å². The van der Waals surface area contributed by atoms with Gasteiger partial charge in [0.05, 0.1) is 31.3 Å². The van der Waals surface area contributed by atoms with Gasteiger partial charge in [0.1, 0.15) is 0 Å². The number of carbonyl (C=O) groups is 1. The smallest absolute Gasteiger partial charge is 0.223 e. The number of aliphatic hydroxyl groups excluding tert-OH is 3. The largest absolute Gasteiger partial charge is 0.394 e. The monoisotopic (exact) mass is 620 g/mol. The van der Waals surface area contributed by atoms with E-state index in [9.17, 15) is 20.1 Å². The average molecular weight is 620 g/mol. The summed E-state index contributed by atoms with van der Waals surface area (Å²) < 4.78 is 0. The standard InChI is InChI=1S/C39H73NO4/c1-3-5-7-9-11-12-13-14-15-16-17-18-19-20-21-22-23-24-25-27-29-31-33-38(43)37(35-41)40-39(44)34-36(42)32-30-28-26-10-8-6-4-2/h24-25,28,30-31,33,36-38,41-43H,3-23,26-27,29,32,34-35H2,1-2H3,(H,40,44)/b25-24+,30-28-,33-31+. The van der Waals surface area contributed by atoms with E-state index in [1.54, 1.807) is 6.08 Å². The Morgan fingerprint density at radius 1 is 0.568 bits per heavy atom. The molecule has 258 valence electrons. The summed E-state index contributed by atoms with van der Waals surface area (Å²) in [4.78, 5) is 12.3. The zero-order valence-corrected chi connectivity index (χ0v) is 29.0. The topological polar surface area (TPSA) is 89.8 Å². The van der Waals surface area contributed by atoms with Gasteiger partial charge in [0.2, 0.25) is 5.91 Å². The number of nitrogens with one attached hydrogen (secondary N) is 1.